The summed E-state index contributed by atoms with van der Waals surface area (Å²) in [6, 6.07) is 0. The van der Waals surface area contributed by atoms with Gasteiger partial charge in [-0.05, 0) is 61.7 Å². The summed E-state index contributed by atoms with van der Waals surface area (Å²) in [5.41, 5.74) is 0.366. The van der Waals surface area contributed by atoms with E-state index < -0.39 is 34.2 Å². The van der Waals surface area contributed by atoms with Crippen LogP contribution < -0.4 is 0 Å². The molecule has 0 N–H and O–H groups in total. The van der Waals surface area contributed by atoms with Crippen molar-refractivity contribution >= 4 is 34.2 Å². The van der Waals surface area contributed by atoms with E-state index in [9.17, 15) is 0 Å². The summed E-state index contributed by atoms with van der Waals surface area (Å²) in [5, 5.41) is 0. The average molecular weight is 715 g/mol. The second-order valence-electron chi connectivity index (χ2n) is 13.2. The normalized spacial score (nSPS) is 18.0. The van der Waals surface area contributed by atoms with Crippen molar-refractivity contribution in [3.63, 3.8) is 0 Å². The standard InChI is InChI=1S/C32H74O9Si4/c1-15-21-33-25-42(29(7)8,37-19-5)39-44(31(11)12,27-35-23-17-3)41-45(32(13)14,28-36-24-18-4)40-43(30(9)10,38-20-6)26-34-22-16-2/h29-32H,15-28H2,1-14H3. The number of rotatable bonds is 30. The van der Waals surface area contributed by atoms with E-state index in [0.29, 0.717) is 64.6 Å². The second-order valence-corrected chi connectivity index (χ2v) is 28.5. The molecule has 0 aromatic carbocycles. The maximum Gasteiger partial charge on any atom is 0.358 e. The zero-order valence-electron chi connectivity index (χ0n) is 31.9. The van der Waals surface area contributed by atoms with Crippen molar-refractivity contribution in [1.29, 1.82) is 0 Å². The van der Waals surface area contributed by atoms with Crippen molar-refractivity contribution in [3.8, 4) is 0 Å². The Morgan fingerprint density at radius 2 is 0.578 bits per heavy atom. The summed E-state index contributed by atoms with van der Waals surface area (Å²) in [5.74, 6) is 0. The predicted molar refractivity (Wildman–Crippen MR) is 194 cm³/mol. The number of hydrogen-bond acceptors (Lipinski definition) is 9. The lowest BCUT2D eigenvalue weighted by Gasteiger charge is -2.51. The molecule has 0 amide bonds. The third-order valence-electron chi connectivity index (χ3n) is 7.94. The SMILES string of the molecule is CCCOC[Si](OCC)(O[Si](COCCC)(O[Si](COCCC)(O[Si](COCCC)(OCC)C(C)C)C(C)C)C(C)C)C(C)C. The minimum absolute atomic E-state index is 0.0468. The van der Waals surface area contributed by atoms with Gasteiger partial charge in [-0.25, -0.2) is 0 Å². The molecule has 4 atom stereocenters. The van der Waals surface area contributed by atoms with Crippen LogP contribution in [-0.4, -0.2) is 98.8 Å². The highest BCUT2D eigenvalue weighted by Crippen LogP contribution is 2.41. The summed E-state index contributed by atoms with van der Waals surface area (Å²) >= 11 is 0. The van der Waals surface area contributed by atoms with Gasteiger partial charge in [0.25, 0.3) is 0 Å². The van der Waals surface area contributed by atoms with Gasteiger partial charge in [-0.2, -0.15) is 0 Å². The first kappa shape index (κ1) is 45.5. The van der Waals surface area contributed by atoms with E-state index in [1.807, 2.05) is 13.8 Å². The van der Waals surface area contributed by atoms with Crippen LogP contribution in [0.1, 0.15) is 123 Å². The Morgan fingerprint density at radius 3 is 0.778 bits per heavy atom. The zero-order chi connectivity index (χ0) is 34.6. The Bertz CT molecular complexity index is 679. The Hall–Kier alpha value is 0.508. The molecule has 0 fully saturated rings. The van der Waals surface area contributed by atoms with Gasteiger partial charge in [0.15, 0.2) is 0 Å². The Labute approximate surface area is 283 Å². The maximum absolute atomic E-state index is 7.74. The fraction of sp³-hybridized carbons (Fsp3) is 1.00. The first-order valence-electron chi connectivity index (χ1n) is 18.0. The van der Waals surface area contributed by atoms with Crippen molar-refractivity contribution in [1.82, 2.24) is 0 Å². The molecule has 0 aromatic rings. The third-order valence-corrected chi connectivity index (χ3v) is 27.2. The smallest absolute Gasteiger partial charge is 0.358 e. The molecule has 0 aliphatic heterocycles. The van der Waals surface area contributed by atoms with Crippen molar-refractivity contribution in [2.24, 2.45) is 0 Å². The molecule has 0 spiro atoms. The van der Waals surface area contributed by atoms with Crippen LogP contribution in [0.4, 0.5) is 0 Å². The van der Waals surface area contributed by atoms with Crippen LogP contribution in [0.5, 0.6) is 0 Å². The Kier molecular flexibility index (Phi) is 24.1. The third kappa shape index (κ3) is 14.5. The molecule has 0 aliphatic carbocycles. The van der Waals surface area contributed by atoms with Gasteiger partial charge in [-0.1, -0.05) is 83.1 Å². The summed E-state index contributed by atoms with van der Waals surface area (Å²) in [6.07, 6.45) is 5.35. The minimum Gasteiger partial charge on any atom is -0.412 e. The fourth-order valence-electron chi connectivity index (χ4n) is 4.87. The van der Waals surface area contributed by atoms with Crippen LogP contribution in [0.3, 0.4) is 0 Å². The lowest BCUT2D eigenvalue weighted by atomic mass is 10.5. The van der Waals surface area contributed by atoms with Crippen LogP contribution in [0.15, 0.2) is 0 Å². The van der Waals surface area contributed by atoms with Gasteiger partial charge in [0, 0.05) is 39.6 Å². The molecule has 0 aromatic heterocycles. The molecular weight excluding hydrogens is 641 g/mol. The molecule has 13 heteroatoms. The first-order valence-corrected chi connectivity index (χ1v) is 26.4. The molecular formula is C32H74O9Si4. The molecule has 0 rings (SSSR count). The van der Waals surface area contributed by atoms with Gasteiger partial charge in [-0.3, -0.25) is 0 Å². The second kappa shape index (κ2) is 23.8. The fourth-order valence-corrected chi connectivity index (χ4v) is 25.4. The van der Waals surface area contributed by atoms with Crippen LogP contribution in [0, 0.1) is 0 Å². The first-order chi connectivity index (χ1) is 21.3. The molecule has 0 bridgehead atoms. The van der Waals surface area contributed by atoms with Gasteiger partial charge < -0.3 is 40.1 Å². The predicted octanol–water partition coefficient (Wildman–Crippen LogP) is 8.38. The van der Waals surface area contributed by atoms with Crippen molar-refractivity contribution < 1.29 is 40.1 Å². The zero-order valence-corrected chi connectivity index (χ0v) is 35.9. The molecule has 0 heterocycles. The summed E-state index contributed by atoms with van der Waals surface area (Å²) in [6.45, 7) is 33.8. The lowest BCUT2D eigenvalue weighted by molar-refractivity contribution is 0.0841. The van der Waals surface area contributed by atoms with E-state index in [1.54, 1.807) is 0 Å². The monoisotopic (exact) mass is 714 g/mol. The molecule has 9 nitrogen and oxygen atoms in total. The summed E-state index contributed by atoms with van der Waals surface area (Å²) in [7, 11) is -12.4. The molecule has 45 heavy (non-hydrogen) atoms. The van der Waals surface area contributed by atoms with Crippen molar-refractivity contribution in [2.45, 2.75) is 145 Å². The van der Waals surface area contributed by atoms with Gasteiger partial charge >= 0.3 is 34.2 Å². The van der Waals surface area contributed by atoms with E-state index in [1.165, 1.54) is 0 Å². The van der Waals surface area contributed by atoms with Gasteiger partial charge in [0.1, 0.15) is 0 Å². The van der Waals surface area contributed by atoms with E-state index in [-0.39, 0.29) is 22.2 Å². The lowest BCUT2D eigenvalue weighted by Crippen LogP contribution is -2.71. The average Bonchev–Trinajstić information content (AvgIpc) is 2.97. The minimum atomic E-state index is -3.24. The van der Waals surface area contributed by atoms with Crippen molar-refractivity contribution in [2.75, 3.05) is 64.6 Å². The topological polar surface area (TPSA) is 83.1 Å². The maximum atomic E-state index is 7.74. The molecule has 0 radical (unpaired) electrons. The molecule has 0 aliphatic rings. The van der Waals surface area contributed by atoms with Crippen LogP contribution in [0.25, 0.3) is 0 Å². The van der Waals surface area contributed by atoms with E-state index >= 15 is 0 Å². The van der Waals surface area contributed by atoms with Gasteiger partial charge in [0.2, 0.25) is 0 Å². The van der Waals surface area contributed by atoms with E-state index in [4.69, 9.17) is 40.1 Å². The summed E-state index contributed by atoms with van der Waals surface area (Å²) < 4.78 is 61.5. The van der Waals surface area contributed by atoms with Crippen molar-refractivity contribution in [3.05, 3.63) is 0 Å². The highest BCUT2D eigenvalue weighted by molar-refractivity contribution is 6.91. The summed E-state index contributed by atoms with van der Waals surface area (Å²) in [4.78, 5) is 0. The van der Waals surface area contributed by atoms with Gasteiger partial charge in [-0.15, -0.1) is 0 Å². The van der Waals surface area contributed by atoms with Crippen LogP contribution in [0.2, 0.25) is 22.2 Å². The largest absolute Gasteiger partial charge is 0.412 e. The van der Waals surface area contributed by atoms with E-state index in [0.717, 1.165) is 25.7 Å². The number of hydrogen-bond donors (Lipinski definition) is 0. The molecule has 272 valence electrons. The Morgan fingerprint density at radius 1 is 0.356 bits per heavy atom. The van der Waals surface area contributed by atoms with E-state index in [2.05, 4.69) is 83.1 Å². The highest BCUT2D eigenvalue weighted by atomic mass is 28.5. The Balaban J connectivity index is 7.43. The molecule has 4 unspecified atom stereocenters. The van der Waals surface area contributed by atoms with Crippen LogP contribution >= 0.6 is 0 Å². The van der Waals surface area contributed by atoms with Gasteiger partial charge in [0.05, 0.1) is 24.9 Å². The quantitative estimate of drug-likeness (QED) is 0.0538. The number of ether oxygens (including phenoxy) is 4. The highest BCUT2D eigenvalue weighted by Gasteiger charge is 2.61. The molecule has 0 saturated carbocycles. The molecule has 0 saturated heterocycles. The van der Waals surface area contributed by atoms with Crippen LogP contribution in [-0.2, 0) is 40.1 Å².